The van der Waals surface area contributed by atoms with Crippen molar-refractivity contribution in [1.82, 2.24) is 4.90 Å². The molecule has 0 spiro atoms. The smallest absolute Gasteiger partial charge is 0.232 e. The van der Waals surface area contributed by atoms with E-state index in [1.165, 1.54) is 11.8 Å². The summed E-state index contributed by atoms with van der Waals surface area (Å²) in [5, 5.41) is 0. The Morgan fingerprint density at radius 2 is 1.62 bits per heavy atom. The van der Waals surface area contributed by atoms with Gasteiger partial charge in [0.15, 0.2) is 5.78 Å². The molecule has 0 unspecified atom stereocenters. The minimum atomic E-state index is -0.0220. The van der Waals surface area contributed by atoms with Gasteiger partial charge < -0.3 is 14.4 Å². The van der Waals surface area contributed by atoms with Gasteiger partial charge in [0.2, 0.25) is 5.91 Å². The van der Waals surface area contributed by atoms with Crippen molar-refractivity contribution in [2.24, 2.45) is 5.92 Å². The molecule has 0 aromatic heterocycles. The number of ketones is 1. The number of piperidine rings is 1. The van der Waals surface area contributed by atoms with Crippen LogP contribution in [0.25, 0.3) is 0 Å². The largest absolute Gasteiger partial charge is 0.497 e. The molecule has 5 nitrogen and oxygen atoms in total. The van der Waals surface area contributed by atoms with Crippen LogP contribution < -0.4 is 9.47 Å². The summed E-state index contributed by atoms with van der Waals surface area (Å²) in [6, 6.07) is 15.0. The van der Waals surface area contributed by atoms with E-state index >= 15 is 0 Å². The topological polar surface area (TPSA) is 55.8 Å². The average molecular weight is 414 g/mol. The third kappa shape index (κ3) is 5.76. The van der Waals surface area contributed by atoms with Crippen molar-refractivity contribution < 1.29 is 19.1 Å². The Kier molecular flexibility index (Phi) is 7.58. The summed E-state index contributed by atoms with van der Waals surface area (Å²) >= 11 is 1.53. The summed E-state index contributed by atoms with van der Waals surface area (Å²) < 4.78 is 10.6. The number of nitrogens with zero attached hydrogens (tertiary/aromatic N) is 1. The van der Waals surface area contributed by atoms with Gasteiger partial charge in [-0.25, -0.2) is 0 Å². The number of hydrogen-bond donors (Lipinski definition) is 0. The number of methoxy groups -OCH3 is 1. The van der Waals surface area contributed by atoms with Crippen LogP contribution in [0.5, 0.6) is 11.5 Å². The second-order valence-corrected chi connectivity index (χ2v) is 7.99. The molecule has 0 aliphatic carbocycles. The van der Waals surface area contributed by atoms with Crippen LogP contribution in [0.1, 0.15) is 30.1 Å². The highest BCUT2D eigenvalue weighted by Crippen LogP contribution is 2.25. The summed E-state index contributed by atoms with van der Waals surface area (Å²) in [4.78, 5) is 28.2. The van der Waals surface area contributed by atoms with Gasteiger partial charge in [-0.15, -0.1) is 11.8 Å². The maximum Gasteiger partial charge on any atom is 0.232 e. The zero-order valence-corrected chi connectivity index (χ0v) is 17.7. The lowest BCUT2D eigenvalue weighted by Crippen LogP contribution is -2.41. The summed E-state index contributed by atoms with van der Waals surface area (Å²) in [5.41, 5.74) is 0.710. The normalized spacial score (nSPS) is 14.5. The zero-order valence-electron chi connectivity index (χ0n) is 16.9. The number of hydrogen-bond acceptors (Lipinski definition) is 5. The van der Waals surface area contributed by atoms with E-state index in [4.69, 9.17) is 9.47 Å². The van der Waals surface area contributed by atoms with E-state index < -0.39 is 0 Å². The lowest BCUT2D eigenvalue weighted by Gasteiger charge is -2.31. The van der Waals surface area contributed by atoms with Crippen LogP contribution >= 0.6 is 11.8 Å². The molecule has 29 heavy (non-hydrogen) atoms. The second-order valence-electron chi connectivity index (χ2n) is 6.94. The molecule has 1 aliphatic heterocycles. The minimum Gasteiger partial charge on any atom is -0.497 e. The highest BCUT2D eigenvalue weighted by atomic mass is 32.2. The van der Waals surface area contributed by atoms with Crippen LogP contribution in [-0.2, 0) is 4.79 Å². The quantitative estimate of drug-likeness (QED) is 0.477. The van der Waals surface area contributed by atoms with Crippen LogP contribution in [0.3, 0.4) is 0 Å². The number of ether oxygens (including phenoxy) is 2. The monoisotopic (exact) mass is 413 g/mol. The summed E-state index contributed by atoms with van der Waals surface area (Å²) in [6.07, 6.45) is 1.43. The number of Topliss-reactive ketones (excluding diaryl/α,β-unsaturated/α-hetero) is 1. The standard InChI is InChI=1S/C23H27NO4S/c1-3-28-20-8-10-21(11-9-20)29-16-22(25)24-14-12-18(13-15-24)23(26)17-4-6-19(27-2)7-5-17/h4-11,18H,3,12-16H2,1-2H3. The van der Waals surface area contributed by atoms with Crippen molar-refractivity contribution in [2.75, 3.05) is 32.6 Å². The van der Waals surface area contributed by atoms with Gasteiger partial charge in [-0.2, -0.15) is 0 Å². The highest BCUT2D eigenvalue weighted by molar-refractivity contribution is 8.00. The molecule has 1 aliphatic rings. The third-order valence-electron chi connectivity index (χ3n) is 5.09. The first-order chi connectivity index (χ1) is 14.1. The molecule has 6 heteroatoms. The number of likely N-dealkylation sites (tertiary alicyclic amines) is 1. The second kappa shape index (κ2) is 10.3. The molecule has 154 valence electrons. The minimum absolute atomic E-state index is 0.0220. The zero-order chi connectivity index (χ0) is 20.6. The number of carbonyl (C=O) groups excluding carboxylic acids is 2. The number of thioether (sulfide) groups is 1. The van der Waals surface area contributed by atoms with E-state index in [9.17, 15) is 9.59 Å². The summed E-state index contributed by atoms with van der Waals surface area (Å²) in [6.45, 7) is 3.86. The Balaban J connectivity index is 1.45. The van der Waals surface area contributed by atoms with Gasteiger partial charge in [0.1, 0.15) is 11.5 Å². The number of carbonyl (C=O) groups is 2. The Labute approximate surface area is 176 Å². The molecule has 2 aromatic carbocycles. The molecule has 0 atom stereocenters. The van der Waals surface area contributed by atoms with Crippen LogP contribution in [-0.4, -0.2) is 49.1 Å². The Morgan fingerprint density at radius 3 is 2.21 bits per heavy atom. The van der Waals surface area contributed by atoms with Crippen LogP contribution in [0.2, 0.25) is 0 Å². The van der Waals surface area contributed by atoms with Crippen molar-refractivity contribution in [3.05, 3.63) is 54.1 Å². The molecule has 0 radical (unpaired) electrons. The summed E-state index contributed by atoms with van der Waals surface area (Å²) in [5.74, 6) is 2.25. The van der Waals surface area contributed by atoms with E-state index in [1.807, 2.05) is 60.4 Å². The molecular weight excluding hydrogens is 386 g/mol. The van der Waals surface area contributed by atoms with Gasteiger partial charge in [0, 0.05) is 29.5 Å². The van der Waals surface area contributed by atoms with E-state index in [-0.39, 0.29) is 17.6 Å². The van der Waals surface area contributed by atoms with Crippen LogP contribution in [0.15, 0.2) is 53.4 Å². The van der Waals surface area contributed by atoms with Crippen LogP contribution in [0.4, 0.5) is 0 Å². The van der Waals surface area contributed by atoms with E-state index in [0.29, 0.717) is 43.9 Å². The van der Waals surface area contributed by atoms with E-state index in [2.05, 4.69) is 0 Å². The van der Waals surface area contributed by atoms with Gasteiger partial charge >= 0.3 is 0 Å². The number of benzene rings is 2. The summed E-state index contributed by atoms with van der Waals surface area (Å²) in [7, 11) is 1.61. The lowest BCUT2D eigenvalue weighted by molar-refractivity contribution is -0.129. The first-order valence-electron chi connectivity index (χ1n) is 9.92. The Morgan fingerprint density at radius 1 is 1.00 bits per heavy atom. The highest BCUT2D eigenvalue weighted by Gasteiger charge is 2.27. The fraction of sp³-hybridized carbons (Fsp3) is 0.391. The molecule has 1 heterocycles. The lowest BCUT2D eigenvalue weighted by atomic mass is 9.89. The molecule has 0 saturated carbocycles. The van der Waals surface area contributed by atoms with Gasteiger partial charge in [0.25, 0.3) is 0 Å². The first kappa shape index (κ1) is 21.2. The maximum atomic E-state index is 12.7. The van der Waals surface area contributed by atoms with Crippen molar-refractivity contribution in [1.29, 1.82) is 0 Å². The van der Waals surface area contributed by atoms with Crippen LogP contribution in [0, 0.1) is 5.92 Å². The predicted molar refractivity (Wildman–Crippen MR) is 115 cm³/mol. The SMILES string of the molecule is CCOc1ccc(SCC(=O)N2CCC(C(=O)c3ccc(OC)cc3)CC2)cc1. The predicted octanol–water partition coefficient (Wildman–Crippen LogP) is 4.31. The Hall–Kier alpha value is -2.47. The van der Waals surface area contributed by atoms with E-state index in [0.717, 1.165) is 16.4 Å². The molecule has 0 N–H and O–H groups in total. The van der Waals surface area contributed by atoms with Gasteiger partial charge in [-0.1, -0.05) is 0 Å². The number of amides is 1. The average Bonchev–Trinajstić information content (AvgIpc) is 2.78. The number of rotatable bonds is 8. The molecule has 3 rings (SSSR count). The molecule has 2 aromatic rings. The van der Waals surface area contributed by atoms with Crippen molar-refractivity contribution >= 4 is 23.5 Å². The van der Waals surface area contributed by atoms with Gasteiger partial charge in [-0.05, 0) is 68.3 Å². The Bertz CT molecular complexity index is 812. The fourth-order valence-corrected chi connectivity index (χ4v) is 4.22. The molecule has 1 amide bonds. The maximum absolute atomic E-state index is 12.7. The van der Waals surface area contributed by atoms with Crippen molar-refractivity contribution in [3.8, 4) is 11.5 Å². The third-order valence-corrected chi connectivity index (χ3v) is 6.09. The molecule has 1 fully saturated rings. The fourth-order valence-electron chi connectivity index (χ4n) is 3.42. The first-order valence-corrected chi connectivity index (χ1v) is 10.9. The van der Waals surface area contributed by atoms with E-state index in [1.54, 1.807) is 7.11 Å². The van der Waals surface area contributed by atoms with Crippen molar-refractivity contribution in [2.45, 2.75) is 24.7 Å². The molecule has 1 saturated heterocycles. The van der Waals surface area contributed by atoms with Crippen molar-refractivity contribution in [3.63, 3.8) is 0 Å². The molecule has 0 bridgehead atoms. The van der Waals surface area contributed by atoms with Gasteiger partial charge in [0.05, 0.1) is 19.5 Å². The molecular formula is C23H27NO4S. The van der Waals surface area contributed by atoms with Gasteiger partial charge in [-0.3, -0.25) is 9.59 Å².